The number of nitrogens with one attached hydrogen (secondary N) is 1. The molecule has 0 saturated heterocycles. The molecule has 1 aliphatic carbocycles. The van der Waals surface area contributed by atoms with Crippen LogP contribution in [0.4, 0.5) is 5.69 Å². The van der Waals surface area contributed by atoms with Gasteiger partial charge in [-0.25, -0.2) is 4.98 Å². The minimum atomic E-state index is -0.160. The quantitative estimate of drug-likeness (QED) is 0.910. The second-order valence-corrected chi connectivity index (χ2v) is 5.72. The molecule has 0 atom stereocenters. The summed E-state index contributed by atoms with van der Waals surface area (Å²) in [5.41, 5.74) is 3.51. The van der Waals surface area contributed by atoms with Crippen molar-refractivity contribution in [3.8, 4) is 0 Å². The van der Waals surface area contributed by atoms with E-state index in [4.69, 9.17) is 0 Å². The number of carbonyl (C=O) groups is 1. The lowest BCUT2D eigenvalue weighted by molar-refractivity contribution is 0.102. The van der Waals surface area contributed by atoms with E-state index in [1.165, 1.54) is 31.2 Å². The average Bonchev–Trinajstić information content (AvgIpc) is 3.02. The maximum Gasteiger partial charge on any atom is 0.274 e. The van der Waals surface area contributed by atoms with Gasteiger partial charge in [0.1, 0.15) is 5.69 Å². The van der Waals surface area contributed by atoms with Crippen molar-refractivity contribution >= 4 is 11.6 Å². The van der Waals surface area contributed by atoms with Crippen LogP contribution in [-0.2, 0) is 0 Å². The van der Waals surface area contributed by atoms with E-state index in [0.29, 0.717) is 11.6 Å². The van der Waals surface area contributed by atoms with Crippen LogP contribution >= 0.6 is 0 Å². The number of pyridine rings is 1. The molecule has 1 heterocycles. The van der Waals surface area contributed by atoms with Crippen molar-refractivity contribution in [3.63, 3.8) is 0 Å². The van der Waals surface area contributed by atoms with Crippen molar-refractivity contribution in [1.29, 1.82) is 0 Å². The molecule has 0 radical (unpaired) electrons. The van der Waals surface area contributed by atoms with E-state index >= 15 is 0 Å². The van der Waals surface area contributed by atoms with Gasteiger partial charge >= 0.3 is 0 Å². The van der Waals surface area contributed by atoms with Crippen LogP contribution in [0.15, 0.2) is 42.5 Å². The molecule has 1 aliphatic rings. The van der Waals surface area contributed by atoms with E-state index in [0.717, 1.165) is 11.4 Å². The minimum absolute atomic E-state index is 0.160. The SMILES string of the molecule is Cc1cccc(C(=O)Nc2ccc(C3CCCC3)cc2)n1. The monoisotopic (exact) mass is 280 g/mol. The lowest BCUT2D eigenvalue weighted by Gasteiger charge is -2.11. The zero-order chi connectivity index (χ0) is 14.7. The minimum Gasteiger partial charge on any atom is -0.321 e. The topological polar surface area (TPSA) is 42.0 Å². The summed E-state index contributed by atoms with van der Waals surface area (Å²) < 4.78 is 0. The number of aromatic nitrogens is 1. The van der Waals surface area contributed by atoms with E-state index in [-0.39, 0.29) is 5.91 Å². The van der Waals surface area contributed by atoms with Crippen LogP contribution in [0.1, 0.15) is 53.3 Å². The van der Waals surface area contributed by atoms with Crippen LogP contribution in [0.2, 0.25) is 0 Å². The highest BCUT2D eigenvalue weighted by Crippen LogP contribution is 2.34. The van der Waals surface area contributed by atoms with Gasteiger partial charge in [0.2, 0.25) is 0 Å². The number of hydrogen-bond donors (Lipinski definition) is 1. The third kappa shape index (κ3) is 3.30. The smallest absolute Gasteiger partial charge is 0.274 e. The van der Waals surface area contributed by atoms with Crippen molar-refractivity contribution in [3.05, 3.63) is 59.4 Å². The standard InChI is InChI=1S/C18H20N2O/c1-13-5-4-8-17(19-13)18(21)20-16-11-9-15(10-12-16)14-6-2-3-7-14/h4-5,8-12,14H,2-3,6-7H2,1H3,(H,20,21). The first-order chi connectivity index (χ1) is 10.2. The predicted molar refractivity (Wildman–Crippen MR) is 84.6 cm³/mol. The number of benzene rings is 1. The van der Waals surface area contributed by atoms with Gasteiger partial charge in [0.25, 0.3) is 5.91 Å². The van der Waals surface area contributed by atoms with Gasteiger partial charge in [0, 0.05) is 11.4 Å². The maximum absolute atomic E-state index is 12.1. The number of amides is 1. The second kappa shape index (κ2) is 6.08. The summed E-state index contributed by atoms with van der Waals surface area (Å²) >= 11 is 0. The summed E-state index contributed by atoms with van der Waals surface area (Å²) in [5.74, 6) is 0.542. The molecule has 1 aromatic heterocycles. The summed E-state index contributed by atoms with van der Waals surface area (Å²) in [6.45, 7) is 1.88. The van der Waals surface area contributed by atoms with Crippen LogP contribution in [0.3, 0.4) is 0 Å². The molecular weight excluding hydrogens is 260 g/mol. The Hall–Kier alpha value is -2.16. The molecule has 3 rings (SSSR count). The van der Waals surface area contributed by atoms with Crippen molar-refractivity contribution in [1.82, 2.24) is 4.98 Å². The molecular formula is C18H20N2O. The zero-order valence-corrected chi connectivity index (χ0v) is 12.3. The number of aryl methyl sites for hydroxylation is 1. The summed E-state index contributed by atoms with van der Waals surface area (Å²) in [6, 6.07) is 13.7. The highest BCUT2D eigenvalue weighted by molar-refractivity contribution is 6.02. The number of hydrogen-bond acceptors (Lipinski definition) is 2. The van der Waals surface area contributed by atoms with Gasteiger partial charge in [-0.05, 0) is 55.5 Å². The Bertz CT molecular complexity index is 628. The molecule has 1 amide bonds. The number of anilines is 1. The van der Waals surface area contributed by atoms with Crippen molar-refractivity contribution in [2.24, 2.45) is 0 Å². The molecule has 0 unspecified atom stereocenters. The molecule has 3 heteroatoms. The zero-order valence-electron chi connectivity index (χ0n) is 12.3. The van der Waals surface area contributed by atoms with Gasteiger partial charge in [0.05, 0.1) is 0 Å². The van der Waals surface area contributed by atoms with Crippen molar-refractivity contribution in [2.45, 2.75) is 38.5 Å². The van der Waals surface area contributed by atoms with E-state index in [9.17, 15) is 4.79 Å². The second-order valence-electron chi connectivity index (χ2n) is 5.72. The van der Waals surface area contributed by atoms with Crippen LogP contribution in [0.25, 0.3) is 0 Å². The Balaban J connectivity index is 1.68. The van der Waals surface area contributed by atoms with E-state index < -0.39 is 0 Å². The number of nitrogens with zero attached hydrogens (tertiary/aromatic N) is 1. The molecule has 3 nitrogen and oxygen atoms in total. The molecule has 1 fully saturated rings. The molecule has 21 heavy (non-hydrogen) atoms. The van der Waals surface area contributed by atoms with Crippen LogP contribution in [0.5, 0.6) is 0 Å². The fourth-order valence-electron chi connectivity index (χ4n) is 2.96. The van der Waals surface area contributed by atoms with Gasteiger partial charge in [-0.2, -0.15) is 0 Å². The Kier molecular flexibility index (Phi) is 4.00. The molecule has 0 bridgehead atoms. The Morgan fingerprint density at radius 2 is 1.81 bits per heavy atom. The summed E-state index contributed by atoms with van der Waals surface area (Å²) in [6.07, 6.45) is 5.25. The number of rotatable bonds is 3. The predicted octanol–water partition coefficient (Wildman–Crippen LogP) is 4.30. The molecule has 1 N–H and O–H groups in total. The Morgan fingerprint density at radius 1 is 1.10 bits per heavy atom. The van der Waals surface area contributed by atoms with Gasteiger partial charge in [-0.15, -0.1) is 0 Å². The Morgan fingerprint density at radius 3 is 2.48 bits per heavy atom. The van der Waals surface area contributed by atoms with Crippen LogP contribution < -0.4 is 5.32 Å². The molecule has 108 valence electrons. The Labute approximate surface area is 125 Å². The third-order valence-corrected chi connectivity index (χ3v) is 4.12. The number of carbonyl (C=O) groups excluding carboxylic acids is 1. The summed E-state index contributed by atoms with van der Waals surface area (Å²) in [5, 5.41) is 2.90. The fraction of sp³-hybridized carbons (Fsp3) is 0.333. The first-order valence-corrected chi connectivity index (χ1v) is 7.57. The lowest BCUT2D eigenvalue weighted by Crippen LogP contribution is -2.14. The third-order valence-electron chi connectivity index (χ3n) is 4.12. The molecule has 2 aromatic rings. The van der Waals surface area contributed by atoms with E-state index in [2.05, 4.69) is 22.4 Å². The highest BCUT2D eigenvalue weighted by atomic mass is 16.1. The first kappa shape index (κ1) is 13.8. The summed E-state index contributed by atoms with van der Waals surface area (Å²) in [7, 11) is 0. The molecule has 1 aromatic carbocycles. The normalized spacial score (nSPS) is 15.1. The van der Waals surface area contributed by atoms with Gasteiger partial charge in [0.15, 0.2) is 0 Å². The maximum atomic E-state index is 12.1. The van der Waals surface area contributed by atoms with Crippen LogP contribution in [-0.4, -0.2) is 10.9 Å². The first-order valence-electron chi connectivity index (χ1n) is 7.57. The molecule has 1 saturated carbocycles. The van der Waals surface area contributed by atoms with Gasteiger partial charge in [-0.3, -0.25) is 4.79 Å². The van der Waals surface area contributed by atoms with Crippen molar-refractivity contribution < 1.29 is 4.79 Å². The van der Waals surface area contributed by atoms with Crippen molar-refractivity contribution in [2.75, 3.05) is 5.32 Å². The van der Waals surface area contributed by atoms with Crippen LogP contribution in [0, 0.1) is 6.92 Å². The highest BCUT2D eigenvalue weighted by Gasteiger charge is 2.16. The van der Waals surface area contributed by atoms with E-state index in [1.807, 2.05) is 31.2 Å². The molecule has 0 aliphatic heterocycles. The van der Waals surface area contributed by atoms with Gasteiger partial charge < -0.3 is 5.32 Å². The molecule has 0 spiro atoms. The lowest BCUT2D eigenvalue weighted by atomic mass is 9.97. The fourth-order valence-corrected chi connectivity index (χ4v) is 2.96. The largest absolute Gasteiger partial charge is 0.321 e. The average molecular weight is 280 g/mol. The summed E-state index contributed by atoms with van der Waals surface area (Å²) in [4.78, 5) is 16.4. The van der Waals surface area contributed by atoms with E-state index in [1.54, 1.807) is 6.07 Å². The van der Waals surface area contributed by atoms with Gasteiger partial charge in [-0.1, -0.05) is 31.0 Å².